The van der Waals surface area contributed by atoms with Gasteiger partial charge in [-0.2, -0.15) is 0 Å². The lowest BCUT2D eigenvalue weighted by Crippen LogP contribution is -2.06. The van der Waals surface area contributed by atoms with Crippen molar-refractivity contribution in [1.82, 2.24) is 14.6 Å². The van der Waals surface area contributed by atoms with Gasteiger partial charge in [0.25, 0.3) is 0 Å². The normalized spacial score (nSPS) is 11.6. The molecule has 4 nitrogen and oxygen atoms in total. The highest BCUT2D eigenvalue weighted by atomic mass is 15.2. The highest BCUT2D eigenvalue weighted by Gasteiger charge is 2.03. The van der Waals surface area contributed by atoms with Crippen molar-refractivity contribution in [3.63, 3.8) is 0 Å². The van der Waals surface area contributed by atoms with Crippen molar-refractivity contribution in [2.24, 2.45) is 4.99 Å². The maximum atomic E-state index is 4.28. The summed E-state index contributed by atoms with van der Waals surface area (Å²) in [5.41, 5.74) is 1.56. The van der Waals surface area contributed by atoms with Gasteiger partial charge in [0.05, 0.1) is 11.7 Å². The summed E-state index contributed by atoms with van der Waals surface area (Å²) in [6, 6.07) is 3.84. The molecule has 0 N–H and O–H groups in total. The van der Waals surface area contributed by atoms with Gasteiger partial charge in [0.1, 0.15) is 5.71 Å². The summed E-state index contributed by atoms with van der Waals surface area (Å²) in [6.07, 6.45) is 6.64. The molecular formula is C11H10N4. The van der Waals surface area contributed by atoms with Gasteiger partial charge in [-0.05, 0) is 18.2 Å². The second-order valence-electron chi connectivity index (χ2n) is 2.86. The van der Waals surface area contributed by atoms with Gasteiger partial charge < -0.3 is 0 Å². The van der Waals surface area contributed by atoms with Crippen molar-refractivity contribution in [3.8, 4) is 0 Å². The van der Waals surface area contributed by atoms with Crippen LogP contribution in [0.15, 0.2) is 55.0 Å². The Balaban J connectivity index is 2.55. The average molecular weight is 198 g/mol. The Kier molecular flexibility index (Phi) is 2.41. The van der Waals surface area contributed by atoms with Crippen LogP contribution in [0.25, 0.3) is 5.52 Å². The molecule has 4 heteroatoms. The van der Waals surface area contributed by atoms with E-state index in [-0.39, 0.29) is 0 Å². The van der Waals surface area contributed by atoms with Crippen LogP contribution in [0.4, 0.5) is 0 Å². The second kappa shape index (κ2) is 3.88. The van der Waals surface area contributed by atoms with E-state index in [1.807, 2.05) is 18.3 Å². The van der Waals surface area contributed by atoms with Gasteiger partial charge in [0, 0.05) is 12.4 Å². The van der Waals surface area contributed by atoms with E-state index in [0.29, 0.717) is 11.5 Å². The fourth-order valence-corrected chi connectivity index (χ4v) is 1.25. The molecule has 0 spiro atoms. The van der Waals surface area contributed by atoms with Crippen molar-refractivity contribution in [2.45, 2.75) is 0 Å². The third kappa shape index (κ3) is 1.69. The van der Waals surface area contributed by atoms with Crippen LogP contribution < -0.4 is 0 Å². The molecule has 0 aliphatic rings. The molecule has 74 valence electrons. The number of allylic oxidation sites excluding steroid dienone is 1. The molecule has 2 heterocycles. The number of aliphatic imine (C=N–C) groups is 1. The summed E-state index contributed by atoms with van der Waals surface area (Å²) in [4.78, 5) is 8.22. The van der Waals surface area contributed by atoms with Crippen LogP contribution in [0.5, 0.6) is 0 Å². The first kappa shape index (κ1) is 9.33. The lowest BCUT2D eigenvalue weighted by Gasteiger charge is -1.99. The van der Waals surface area contributed by atoms with E-state index in [1.165, 1.54) is 6.20 Å². The van der Waals surface area contributed by atoms with Crippen LogP contribution in [0.1, 0.15) is 5.82 Å². The molecule has 0 radical (unpaired) electrons. The minimum absolute atomic E-state index is 0.536. The lowest BCUT2D eigenvalue weighted by atomic mass is 10.3. The minimum atomic E-state index is 0.536. The predicted octanol–water partition coefficient (Wildman–Crippen LogP) is 1.85. The molecule has 2 rings (SSSR count). The van der Waals surface area contributed by atoms with E-state index in [1.54, 1.807) is 16.8 Å². The Morgan fingerprint density at radius 2 is 2.33 bits per heavy atom. The molecule has 0 aliphatic heterocycles. The van der Waals surface area contributed by atoms with Crippen LogP contribution in [-0.4, -0.2) is 20.3 Å². The molecule has 0 fully saturated rings. The molecule has 0 bridgehead atoms. The molecular weight excluding hydrogens is 188 g/mol. The van der Waals surface area contributed by atoms with Gasteiger partial charge in [-0.1, -0.05) is 13.2 Å². The van der Waals surface area contributed by atoms with E-state index >= 15 is 0 Å². The number of hydrogen-bond donors (Lipinski definition) is 0. The van der Waals surface area contributed by atoms with Crippen LogP contribution in [0.3, 0.4) is 0 Å². The molecule has 2 aromatic rings. The quantitative estimate of drug-likeness (QED) is 0.706. The maximum absolute atomic E-state index is 4.28. The van der Waals surface area contributed by atoms with Crippen LogP contribution in [0, 0.1) is 0 Å². The summed E-state index contributed by atoms with van der Waals surface area (Å²) in [6.45, 7) is 7.18. The fraction of sp³-hybridized carbons (Fsp3) is 0. The zero-order valence-electron chi connectivity index (χ0n) is 8.17. The predicted molar refractivity (Wildman–Crippen MR) is 59.9 cm³/mol. The summed E-state index contributed by atoms with van der Waals surface area (Å²) >= 11 is 0. The van der Waals surface area contributed by atoms with Gasteiger partial charge in [-0.15, -0.1) is 5.10 Å². The Hall–Kier alpha value is -2.23. The van der Waals surface area contributed by atoms with Crippen LogP contribution >= 0.6 is 0 Å². The Labute approximate surface area is 87.3 Å². The van der Waals surface area contributed by atoms with Crippen LogP contribution in [-0.2, 0) is 0 Å². The molecule has 15 heavy (non-hydrogen) atoms. The largest absolute Gasteiger partial charge is 0.253 e. The van der Waals surface area contributed by atoms with Crippen molar-refractivity contribution < 1.29 is 0 Å². The van der Waals surface area contributed by atoms with Crippen molar-refractivity contribution >= 4 is 11.2 Å². The Morgan fingerprint density at radius 1 is 1.47 bits per heavy atom. The monoisotopic (exact) mass is 198 g/mol. The van der Waals surface area contributed by atoms with E-state index in [9.17, 15) is 0 Å². The molecule has 2 aromatic heterocycles. The van der Waals surface area contributed by atoms with Gasteiger partial charge in [0.2, 0.25) is 0 Å². The highest BCUT2D eigenvalue weighted by molar-refractivity contribution is 6.05. The standard InChI is InChI=1S/C11H10N4/c1-3-10(12-4-2)11-13-8-9-6-5-7-15(9)14-11/h3-8H,1-2H2. The fourth-order valence-electron chi connectivity index (χ4n) is 1.25. The van der Waals surface area contributed by atoms with E-state index in [0.717, 1.165) is 5.52 Å². The number of rotatable bonds is 3. The number of aromatic nitrogens is 3. The average Bonchev–Trinajstić information content (AvgIpc) is 2.72. The van der Waals surface area contributed by atoms with Crippen molar-refractivity contribution in [1.29, 1.82) is 0 Å². The van der Waals surface area contributed by atoms with Gasteiger partial charge >= 0.3 is 0 Å². The van der Waals surface area contributed by atoms with E-state index < -0.39 is 0 Å². The van der Waals surface area contributed by atoms with Crippen molar-refractivity contribution in [2.75, 3.05) is 0 Å². The van der Waals surface area contributed by atoms with Gasteiger partial charge in [-0.25, -0.2) is 9.50 Å². The molecule has 0 saturated carbocycles. The first-order valence-corrected chi connectivity index (χ1v) is 4.47. The molecule has 0 aromatic carbocycles. The molecule has 0 aliphatic carbocycles. The highest BCUT2D eigenvalue weighted by Crippen LogP contribution is 2.02. The second-order valence-corrected chi connectivity index (χ2v) is 2.86. The topological polar surface area (TPSA) is 42.5 Å². The first-order valence-electron chi connectivity index (χ1n) is 4.47. The summed E-state index contributed by atoms with van der Waals surface area (Å²) in [5.74, 6) is 0.536. The third-order valence-electron chi connectivity index (χ3n) is 1.93. The first-order chi connectivity index (χ1) is 7.35. The van der Waals surface area contributed by atoms with E-state index in [2.05, 4.69) is 28.2 Å². The SMILES string of the molecule is C=CN=C(C=C)c1ncc2cccn2n1. The zero-order chi connectivity index (χ0) is 10.7. The summed E-state index contributed by atoms with van der Waals surface area (Å²) in [5, 5.41) is 4.28. The number of nitrogens with zero attached hydrogens (tertiary/aromatic N) is 4. The lowest BCUT2D eigenvalue weighted by molar-refractivity contribution is 0.890. The zero-order valence-corrected chi connectivity index (χ0v) is 8.17. The molecule has 0 unspecified atom stereocenters. The minimum Gasteiger partial charge on any atom is -0.253 e. The number of fused-ring (bicyclic) bond motifs is 1. The maximum Gasteiger partial charge on any atom is 0.198 e. The number of hydrogen-bond acceptors (Lipinski definition) is 3. The summed E-state index contributed by atoms with van der Waals surface area (Å²) in [7, 11) is 0. The third-order valence-corrected chi connectivity index (χ3v) is 1.93. The van der Waals surface area contributed by atoms with E-state index in [4.69, 9.17) is 0 Å². The molecule has 0 atom stereocenters. The summed E-state index contributed by atoms with van der Waals surface area (Å²) < 4.78 is 1.74. The van der Waals surface area contributed by atoms with Crippen molar-refractivity contribution in [3.05, 3.63) is 55.8 Å². The molecule has 0 amide bonds. The Morgan fingerprint density at radius 3 is 3.07 bits per heavy atom. The van der Waals surface area contributed by atoms with Gasteiger partial charge in [-0.3, -0.25) is 4.99 Å². The Bertz CT molecular complexity index is 536. The smallest absolute Gasteiger partial charge is 0.198 e. The van der Waals surface area contributed by atoms with Gasteiger partial charge in [0.15, 0.2) is 5.82 Å². The molecule has 0 saturated heterocycles. The van der Waals surface area contributed by atoms with Crippen LogP contribution in [0.2, 0.25) is 0 Å².